The molecule has 112 valence electrons. The monoisotopic (exact) mass is 313 g/mol. The summed E-state index contributed by atoms with van der Waals surface area (Å²) < 4.78 is 2.24. The summed E-state index contributed by atoms with van der Waals surface area (Å²) in [6, 6.07) is 9.35. The molecule has 4 nitrogen and oxygen atoms in total. The van der Waals surface area contributed by atoms with Crippen molar-refractivity contribution in [2.75, 3.05) is 5.32 Å². The van der Waals surface area contributed by atoms with Gasteiger partial charge in [-0.15, -0.1) is 0 Å². The molecule has 0 saturated heterocycles. The fourth-order valence-electron chi connectivity index (χ4n) is 2.78. The van der Waals surface area contributed by atoms with Crippen molar-refractivity contribution in [1.29, 1.82) is 5.26 Å². The Morgan fingerprint density at radius 1 is 1.36 bits per heavy atom. The lowest BCUT2D eigenvalue weighted by Gasteiger charge is -2.09. The van der Waals surface area contributed by atoms with Crippen molar-refractivity contribution >= 4 is 23.2 Å². The molecule has 1 aliphatic carbocycles. The average Bonchev–Trinajstić information content (AvgIpc) is 3.25. The molecule has 1 fully saturated rings. The topological polar surface area (TPSA) is 57.8 Å². The zero-order valence-corrected chi connectivity index (χ0v) is 13.2. The van der Waals surface area contributed by atoms with Crippen LogP contribution in [-0.4, -0.2) is 10.5 Å². The number of hydrogen-bond acceptors (Lipinski definition) is 2. The number of halogens is 1. The van der Waals surface area contributed by atoms with E-state index in [0.29, 0.717) is 27.9 Å². The molecule has 0 atom stereocenters. The van der Waals surface area contributed by atoms with Crippen molar-refractivity contribution in [3.05, 3.63) is 51.8 Å². The zero-order chi connectivity index (χ0) is 15.9. The third-order valence-electron chi connectivity index (χ3n) is 3.99. The van der Waals surface area contributed by atoms with Gasteiger partial charge in [-0.25, -0.2) is 0 Å². The molecule has 0 unspecified atom stereocenters. The van der Waals surface area contributed by atoms with Gasteiger partial charge in [-0.3, -0.25) is 4.79 Å². The maximum atomic E-state index is 12.5. The van der Waals surface area contributed by atoms with Crippen LogP contribution in [0, 0.1) is 25.2 Å². The highest BCUT2D eigenvalue weighted by Crippen LogP contribution is 2.38. The number of hydrogen-bond donors (Lipinski definition) is 1. The van der Waals surface area contributed by atoms with Gasteiger partial charge in [-0.1, -0.05) is 11.6 Å². The number of nitrogens with one attached hydrogen (secondary N) is 1. The third kappa shape index (κ3) is 2.60. The Balaban J connectivity index is 1.85. The lowest BCUT2D eigenvalue weighted by atomic mass is 10.2. The second-order valence-electron chi connectivity index (χ2n) is 5.65. The van der Waals surface area contributed by atoms with Gasteiger partial charge >= 0.3 is 0 Å². The number of nitrogens with zero attached hydrogens (tertiary/aromatic N) is 2. The van der Waals surface area contributed by atoms with E-state index in [-0.39, 0.29) is 5.91 Å². The molecular formula is C17H16ClN3O. The quantitative estimate of drug-likeness (QED) is 0.922. The minimum atomic E-state index is -0.152. The largest absolute Gasteiger partial charge is 0.345 e. The van der Waals surface area contributed by atoms with Crippen LogP contribution in [0.4, 0.5) is 5.69 Å². The van der Waals surface area contributed by atoms with Crippen LogP contribution in [0.5, 0.6) is 0 Å². The number of carbonyl (C=O) groups excluding carboxylic acids is 1. The molecule has 3 rings (SSSR count). The first kappa shape index (κ1) is 14.7. The Morgan fingerprint density at radius 3 is 2.68 bits per heavy atom. The second kappa shape index (κ2) is 5.51. The van der Waals surface area contributed by atoms with E-state index in [0.717, 1.165) is 11.4 Å². The van der Waals surface area contributed by atoms with E-state index >= 15 is 0 Å². The average molecular weight is 314 g/mol. The molecule has 0 aliphatic heterocycles. The van der Waals surface area contributed by atoms with E-state index in [1.165, 1.54) is 12.8 Å². The molecule has 2 aromatic rings. The number of nitriles is 1. The first-order chi connectivity index (χ1) is 10.5. The standard InChI is InChI=1S/C17H16ClN3O/c1-10-7-15(11(2)21(10)14-5-6-14)17(22)20-13-4-3-12(9-19)16(18)8-13/h3-4,7-8,14H,5-6H2,1-2H3,(H,20,22). The number of amides is 1. The molecule has 1 aromatic carbocycles. The molecule has 1 N–H and O–H groups in total. The highest BCUT2D eigenvalue weighted by atomic mass is 35.5. The van der Waals surface area contributed by atoms with Crippen LogP contribution in [0.2, 0.25) is 5.02 Å². The Hall–Kier alpha value is -2.25. The maximum Gasteiger partial charge on any atom is 0.257 e. The van der Waals surface area contributed by atoms with E-state index in [2.05, 4.69) is 9.88 Å². The minimum Gasteiger partial charge on any atom is -0.345 e. The molecular weight excluding hydrogens is 298 g/mol. The number of anilines is 1. The molecule has 1 aromatic heterocycles. The van der Waals surface area contributed by atoms with Gasteiger partial charge in [0.25, 0.3) is 5.91 Å². The van der Waals surface area contributed by atoms with Crippen LogP contribution >= 0.6 is 11.6 Å². The van der Waals surface area contributed by atoms with E-state index in [9.17, 15) is 4.79 Å². The summed E-state index contributed by atoms with van der Waals surface area (Å²) in [5, 5.41) is 12.1. The highest BCUT2D eigenvalue weighted by molar-refractivity contribution is 6.32. The first-order valence-corrected chi connectivity index (χ1v) is 7.58. The Morgan fingerprint density at radius 2 is 2.09 bits per heavy atom. The molecule has 1 amide bonds. The predicted octanol–water partition coefficient (Wildman–Crippen LogP) is 4.22. The fourth-order valence-corrected chi connectivity index (χ4v) is 3.01. The van der Waals surface area contributed by atoms with E-state index in [1.807, 2.05) is 26.0 Å². The zero-order valence-electron chi connectivity index (χ0n) is 12.5. The summed E-state index contributed by atoms with van der Waals surface area (Å²) >= 11 is 5.99. The van der Waals surface area contributed by atoms with Crippen LogP contribution in [0.15, 0.2) is 24.3 Å². The van der Waals surface area contributed by atoms with Crippen LogP contribution in [0.1, 0.15) is 46.2 Å². The maximum absolute atomic E-state index is 12.5. The summed E-state index contributed by atoms with van der Waals surface area (Å²) in [5.74, 6) is -0.152. The van der Waals surface area contributed by atoms with Crippen molar-refractivity contribution < 1.29 is 4.79 Å². The fraction of sp³-hybridized carbons (Fsp3) is 0.294. The third-order valence-corrected chi connectivity index (χ3v) is 4.30. The van der Waals surface area contributed by atoms with Crippen LogP contribution < -0.4 is 5.32 Å². The molecule has 0 spiro atoms. The minimum absolute atomic E-state index is 0.152. The van der Waals surface area contributed by atoms with Crippen molar-refractivity contribution in [1.82, 2.24) is 4.57 Å². The summed E-state index contributed by atoms with van der Waals surface area (Å²) in [6.45, 7) is 4.01. The van der Waals surface area contributed by atoms with Gasteiger partial charge in [0, 0.05) is 23.1 Å². The molecule has 22 heavy (non-hydrogen) atoms. The number of aromatic nitrogens is 1. The second-order valence-corrected chi connectivity index (χ2v) is 6.05. The van der Waals surface area contributed by atoms with Gasteiger partial charge in [-0.05, 0) is 51.0 Å². The van der Waals surface area contributed by atoms with Crippen molar-refractivity contribution in [3.63, 3.8) is 0 Å². The van der Waals surface area contributed by atoms with Gasteiger partial charge in [0.15, 0.2) is 0 Å². The highest BCUT2D eigenvalue weighted by Gasteiger charge is 2.28. The van der Waals surface area contributed by atoms with Crippen LogP contribution in [-0.2, 0) is 0 Å². The van der Waals surface area contributed by atoms with Gasteiger partial charge in [0.05, 0.1) is 16.1 Å². The number of benzene rings is 1. The lowest BCUT2D eigenvalue weighted by Crippen LogP contribution is -2.13. The molecule has 1 aliphatic rings. The van der Waals surface area contributed by atoms with Crippen molar-refractivity contribution in [2.24, 2.45) is 0 Å². The lowest BCUT2D eigenvalue weighted by molar-refractivity contribution is 0.102. The Kier molecular flexibility index (Phi) is 3.67. The normalized spacial score (nSPS) is 13.7. The van der Waals surface area contributed by atoms with Crippen LogP contribution in [0.3, 0.4) is 0 Å². The van der Waals surface area contributed by atoms with Gasteiger partial charge in [0.1, 0.15) is 6.07 Å². The Labute approximate surface area is 134 Å². The predicted molar refractivity (Wildman–Crippen MR) is 86.3 cm³/mol. The Bertz CT molecular complexity index is 797. The van der Waals surface area contributed by atoms with Crippen molar-refractivity contribution in [3.8, 4) is 6.07 Å². The molecule has 5 heteroatoms. The number of rotatable bonds is 3. The van der Waals surface area contributed by atoms with E-state index in [4.69, 9.17) is 16.9 Å². The van der Waals surface area contributed by atoms with Crippen molar-refractivity contribution in [2.45, 2.75) is 32.7 Å². The summed E-state index contributed by atoms with van der Waals surface area (Å²) in [6.07, 6.45) is 2.37. The number of aryl methyl sites for hydroxylation is 1. The first-order valence-electron chi connectivity index (χ1n) is 7.20. The van der Waals surface area contributed by atoms with Gasteiger partial charge in [-0.2, -0.15) is 5.26 Å². The van der Waals surface area contributed by atoms with Gasteiger partial charge in [0.2, 0.25) is 0 Å². The molecule has 1 heterocycles. The summed E-state index contributed by atoms with van der Waals surface area (Å²) in [5.41, 5.74) is 3.78. The van der Waals surface area contributed by atoms with Gasteiger partial charge < -0.3 is 9.88 Å². The van der Waals surface area contributed by atoms with E-state index < -0.39 is 0 Å². The number of carbonyl (C=O) groups is 1. The summed E-state index contributed by atoms with van der Waals surface area (Å²) in [4.78, 5) is 12.5. The van der Waals surface area contributed by atoms with Crippen LogP contribution in [0.25, 0.3) is 0 Å². The molecule has 0 radical (unpaired) electrons. The smallest absolute Gasteiger partial charge is 0.257 e. The summed E-state index contributed by atoms with van der Waals surface area (Å²) in [7, 11) is 0. The van der Waals surface area contributed by atoms with E-state index in [1.54, 1.807) is 18.2 Å². The SMILES string of the molecule is Cc1cc(C(=O)Nc2ccc(C#N)c(Cl)c2)c(C)n1C1CC1. The molecule has 0 bridgehead atoms. The molecule has 1 saturated carbocycles.